The van der Waals surface area contributed by atoms with Crippen LogP contribution in [0.25, 0.3) is 0 Å². The largest absolute Gasteiger partial charge is 0.192 e. The molecular weight excluding hydrogens is 286 g/mol. The highest BCUT2D eigenvalue weighted by molar-refractivity contribution is 9.09. The van der Waals surface area contributed by atoms with Crippen molar-refractivity contribution in [1.82, 2.24) is 0 Å². The van der Waals surface area contributed by atoms with Crippen molar-refractivity contribution in [2.75, 3.05) is 0 Å². The first-order valence-electron chi connectivity index (χ1n) is 5.91. The third-order valence-electron chi connectivity index (χ3n) is 2.95. The first-order chi connectivity index (χ1) is 8.70. The van der Waals surface area contributed by atoms with E-state index in [0.717, 1.165) is 17.5 Å². The van der Waals surface area contributed by atoms with Crippen LogP contribution >= 0.6 is 15.9 Å². The van der Waals surface area contributed by atoms with Gasteiger partial charge in [-0.2, -0.15) is 5.26 Å². The van der Waals surface area contributed by atoms with Crippen LogP contribution in [0, 0.1) is 11.3 Å². The molecule has 0 saturated heterocycles. The van der Waals surface area contributed by atoms with Crippen molar-refractivity contribution in [1.29, 1.82) is 5.26 Å². The number of alkyl halides is 1. The van der Waals surface area contributed by atoms with Crippen molar-refractivity contribution >= 4 is 15.9 Å². The van der Waals surface area contributed by atoms with Crippen LogP contribution in [-0.2, 0) is 6.42 Å². The van der Waals surface area contributed by atoms with Crippen molar-refractivity contribution in [2.45, 2.75) is 18.2 Å². The van der Waals surface area contributed by atoms with Gasteiger partial charge in [0.25, 0.3) is 0 Å². The normalized spacial score (nSPS) is 11.8. The molecule has 2 heteroatoms. The van der Waals surface area contributed by atoms with Gasteiger partial charge in [-0.15, -0.1) is 0 Å². The minimum absolute atomic E-state index is 0.305. The summed E-state index contributed by atoms with van der Waals surface area (Å²) in [6.45, 7) is 2.09. The highest BCUT2D eigenvalue weighted by Crippen LogP contribution is 2.25. The first-order valence-corrected chi connectivity index (χ1v) is 6.83. The van der Waals surface area contributed by atoms with E-state index in [1.54, 1.807) is 0 Å². The van der Waals surface area contributed by atoms with Gasteiger partial charge in [0.15, 0.2) is 0 Å². The van der Waals surface area contributed by atoms with Gasteiger partial charge in [-0.1, -0.05) is 58.4 Å². The van der Waals surface area contributed by atoms with Crippen LogP contribution in [0.1, 0.15) is 34.0 Å². The Morgan fingerprint density at radius 1 is 1.17 bits per heavy atom. The number of nitriles is 1. The Morgan fingerprint density at radius 3 is 2.50 bits per heavy atom. The van der Waals surface area contributed by atoms with E-state index >= 15 is 0 Å². The lowest BCUT2D eigenvalue weighted by molar-refractivity contribution is 1.09. The Labute approximate surface area is 116 Å². The molecule has 0 bridgehead atoms. The summed E-state index contributed by atoms with van der Waals surface area (Å²) in [5.74, 6) is 0. The van der Waals surface area contributed by atoms with E-state index in [1.165, 1.54) is 11.1 Å². The van der Waals surface area contributed by atoms with Crippen LogP contribution in [-0.4, -0.2) is 0 Å². The second kappa shape index (κ2) is 5.84. The van der Waals surface area contributed by atoms with Crippen LogP contribution in [0.15, 0.2) is 48.5 Å². The zero-order chi connectivity index (χ0) is 13.0. The highest BCUT2D eigenvalue weighted by atomic mass is 79.9. The van der Waals surface area contributed by atoms with Crippen molar-refractivity contribution in [3.8, 4) is 6.07 Å². The second-order valence-electron chi connectivity index (χ2n) is 4.31. The molecule has 0 heterocycles. The molecule has 0 radical (unpaired) electrons. The zero-order valence-electron chi connectivity index (χ0n) is 10.2. The number of benzene rings is 2. The van der Waals surface area contributed by atoms with E-state index in [0.29, 0.717) is 4.83 Å². The number of rotatable bonds is 3. The van der Waals surface area contributed by atoms with Crippen molar-refractivity contribution in [3.63, 3.8) is 0 Å². The fourth-order valence-electron chi connectivity index (χ4n) is 1.93. The van der Waals surface area contributed by atoms with Crippen molar-refractivity contribution < 1.29 is 0 Å². The number of halogens is 1. The molecule has 0 aliphatic rings. The fourth-order valence-corrected chi connectivity index (χ4v) is 2.22. The maximum Gasteiger partial charge on any atom is 0.0994 e. The SMILES string of the molecule is CC(Br)c1ccc(C#N)c(Cc2ccccc2)c1. The molecule has 0 amide bonds. The van der Waals surface area contributed by atoms with Crippen LogP contribution in [0.2, 0.25) is 0 Å². The van der Waals surface area contributed by atoms with E-state index in [2.05, 4.69) is 47.1 Å². The maximum atomic E-state index is 9.16. The smallest absolute Gasteiger partial charge is 0.0994 e. The zero-order valence-corrected chi connectivity index (χ0v) is 11.8. The summed E-state index contributed by atoms with van der Waals surface area (Å²) in [5, 5.41) is 9.16. The van der Waals surface area contributed by atoms with E-state index in [9.17, 15) is 0 Å². The van der Waals surface area contributed by atoms with Crippen LogP contribution in [0.5, 0.6) is 0 Å². The molecule has 2 rings (SSSR count). The van der Waals surface area contributed by atoms with Crippen molar-refractivity contribution in [3.05, 3.63) is 70.8 Å². The summed E-state index contributed by atoms with van der Waals surface area (Å²) in [6.07, 6.45) is 0.803. The number of hydrogen-bond donors (Lipinski definition) is 0. The van der Waals surface area contributed by atoms with Crippen LogP contribution in [0.4, 0.5) is 0 Å². The molecule has 1 atom stereocenters. The molecule has 90 valence electrons. The van der Waals surface area contributed by atoms with Gasteiger partial charge in [-0.3, -0.25) is 0 Å². The Balaban J connectivity index is 2.36. The van der Waals surface area contributed by atoms with Gasteiger partial charge in [0.1, 0.15) is 0 Å². The quantitative estimate of drug-likeness (QED) is 0.760. The fraction of sp³-hybridized carbons (Fsp3) is 0.188. The van der Waals surface area contributed by atoms with Gasteiger partial charge in [0.2, 0.25) is 0 Å². The van der Waals surface area contributed by atoms with Gasteiger partial charge in [-0.25, -0.2) is 0 Å². The average Bonchev–Trinajstić information content (AvgIpc) is 2.39. The standard InChI is InChI=1S/C16H14BrN/c1-12(17)14-7-8-15(11-18)16(10-14)9-13-5-3-2-4-6-13/h2-8,10,12H,9H2,1H3. The molecule has 0 N–H and O–H groups in total. The second-order valence-corrected chi connectivity index (χ2v) is 5.68. The predicted molar refractivity (Wildman–Crippen MR) is 77.7 cm³/mol. The summed E-state index contributed by atoms with van der Waals surface area (Å²) in [7, 11) is 0. The summed E-state index contributed by atoms with van der Waals surface area (Å²) in [5.41, 5.74) is 4.29. The first kappa shape index (κ1) is 12.9. The Kier molecular flexibility index (Phi) is 4.17. The average molecular weight is 300 g/mol. The highest BCUT2D eigenvalue weighted by Gasteiger charge is 2.07. The molecular formula is C16H14BrN. The minimum Gasteiger partial charge on any atom is -0.192 e. The van der Waals surface area contributed by atoms with E-state index in [-0.39, 0.29) is 0 Å². The molecule has 0 saturated carbocycles. The Bertz CT molecular complexity index is 567. The Morgan fingerprint density at radius 2 is 1.89 bits per heavy atom. The summed E-state index contributed by atoms with van der Waals surface area (Å²) in [6, 6.07) is 18.5. The predicted octanol–water partition coefficient (Wildman–Crippen LogP) is 4.60. The molecule has 18 heavy (non-hydrogen) atoms. The monoisotopic (exact) mass is 299 g/mol. The minimum atomic E-state index is 0.305. The molecule has 2 aromatic rings. The lowest BCUT2D eigenvalue weighted by Gasteiger charge is -2.09. The molecule has 0 fully saturated rings. The lowest BCUT2D eigenvalue weighted by atomic mass is 9.97. The van der Waals surface area contributed by atoms with Gasteiger partial charge >= 0.3 is 0 Å². The molecule has 0 aromatic heterocycles. The van der Waals surface area contributed by atoms with Crippen molar-refractivity contribution in [2.24, 2.45) is 0 Å². The van der Waals surface area contributed by atoms with Gasteiger partial charge in [-0.05, 0) is 36.1 Å². The van der Waals surface area contributed by atoms with Gasteiger partial charge < -0.3 is 0 Å². The summed E-state index contributed by atoms with van der Waals surface area (Å²) >= 11 is 3.57. The molecule has 1 unspecified atom stereocenters. The topological polar surface area (TPSA) is 23.8 Å². The molecule has 2 aromatic carbocycles. The maximum absolute atomic E-state index is 9.16. The van der Waals surface area contributed by atoms with Crippen LogP contribution < -0.4 is 0 Å². The number of hydrogen-bond acceptors (Lipinski definition) is 1. The molecule has 0 aliphatic carbocycles. The number of nitrogens with zero attached hydrogens (tertiary/aromatic N) is 1. The van der Waals surface area contributed by atoms with E-state index in [1.807, 2.05) is 30.3 Å². The Hall–Kier alpha value is -1.59. The summed E-state index contributed by atoms with van der Waals surface area (Å²) in [4.78, 5) is 0.305. The van der Waals surface area contributed by atoms with Gasteiger partial charge in [0.05, 0.1) is 11.6 Å². The van der Waals surface area contributed by atoms with Gasteiger partial charge in [0, 0.05) is 4.83 Å². The van der Waals surface area contributed by atoms with E-state index in [4.69, 9.17) is 5.26 Å². The third kappa shape index (κ3) is 3.00. The molecule has 0 spiro atoms. The third-order valence-corrected chi connectivity index (χ3v) is 3.48. The lowest BCUT2D eigenvalue weighted by Crippen LogP contribution is -1.95. The van der Waals surface area contributed by atoms with E-state index < -0.39 is 0 Å². The summed E-state index contributed by atoms with van der Waals surface area (Å²) < 4.78 is 0. The van der Waals surface area contributed by atoms with Crippen LogP contribution in [0.3, 0.4) is 0 Å². The molecule has 0 aliphatic heterocycles. The molecule has 1 nitrogen and oxygen atoms in total.